The Morgan fingerprint density at radius 1 is 1.00 bits per heavy atom. The van der Waals surface area contributed by atoms with E-state index in [-0.39, 0.29) is 22.6 Å². The number of para-hydroxylation sites is 3. The van der Waals surface area contributed by atoms with E-state index in [1.54, 1.807) is 24.3 Å². The minimum absolute atomic E-state index is 0.0319. The van der Waals surface area contributed by atoms with Gasteiger partial charge in [0.15, 0.2) is 22.7 Å². The second-order valence-electron chi connectivity index (χ2n) is 9.66. The van der Waals surface area contributed by atoms with Crippen molar-refractivity contribution in [1.29, 1.82) is 0 Å². The number of carbonyl (C=O) groups is 2. The highest BCUT2D eigenvalue weighted by Crippen LogP contribution is 2.51. The summed E-state index contributed by atoms with van der Waals surface area (Å²) in [5.74, 6) is -3.54. The number of halogens is 1. The summed E-state index contributed by atoms with van der Waals surface area (Å²) >= 11 is 0. The van der Waals surface area contributed by atoms with E-state index in [2.05, 4.69) is 15.3 Å². The van der Waals surface area contributed by atoms with Crippen LogP contribution in [0, 0.1) is 5.82 Å². The zero-order valence-electron chi connectivity index (χ0n) is 20.6. The molecule has 0 spiro atoms. The molecular weight excluding hydrogens is 523 g/mol. The Hall–Kier alpha value is -4.45. The third-order valence-electron chi connectivity index (χ3n) is 7.24. The molecule has 5 aromatic rings. The number of hydrogen-bond donors (Lipinski definition) is 3. The summed E-state index contributed by atoms with van der Waals surface area (Å²) in [6, 6.07) is 20.7. The molecule has 0 fully saturated rings. The average molecular weight is 546 g/mol. The van der Waals surface area contributed by atoms with E-state index >= 15 is 4.39 Å². The lowest BCUT2D eigenvalue weighted by atomic mass is 9.93. The lowest BCUT2D eigenvalue weighted by Gasteiger charge is -2.32. The number of quaternary nitrogens is 1. The average Bonchev–Trinajstić information content (AvgIpc) is 3.36. The molecule has 2 aromatic heterocycles. The van der Waals surface area contributed by atoms with E-state index in [0.717, 1.165) is 27.9 Å². The first-order valence-electron chi connectivity index (χ1n) is 12.0. The van der Waals surface area contributed by atoms with E-state index in [9.17, 15) is 22.6 Å². The maximum absolute atomic E-state index is 15.2. The van der Waals surface area contributed by atoms with Gasteiger partial charge in [0, 0.05) is 28.4 Å². The van der Waals surface area contributed by atoms with E-state index in [1.165, 1.54) is 37.4 Å². The van der Waals surface area contributed by atoms with Crippen LogP contribution in [-0.2, 0) is 20.5 Å². The minimum atomic E-state index is -4.82. The molecule has 3 N–H and O–H groups in total. The topological polar surface area (TPSA) is 129 Å². The van der Waals surface area contributed by atoms with E-state index in [4.69, 9.17) is 0 Å². The molecule has 0 saturated carbocycles. The van der Waals surface area contributed by atoms with Gasteiger partial charge in [-0.05, 0) is 31.2 Å². The largest absolute Gasteiger partial charge is 0.354 e. The van der Waals surface area contributed by atoms with Crippen LogP contribution < -0.4 is 9.80 Å². The van der Waals surface area contributed by atoms with Crippen molar-refractivity contribution < 1.29 is 27.0 Å². The van der Waals surface area contributed by atoms with Gasteiger partial charge < -0.3 is 10.3 Å². The first kappa shape index (κ1) is 24.9. The van der Waals surface area contributed by atoms with E-state index < -0.39 is 43.6 Å². The van der Waals surface area contributed by atoms with Gasteiger partial charge in [-0.25, -0.2) is 14.2 Å². The SMILES string of the molecule is CC1(NC(=O)c2cc3c(cn2)[nH]c2ccccc23)C(=O)[N@@+](CS(=O)(=O)O)(c2ccccc2F)c2ccccc21. The minimum Gasteiger partial charge on any atom is -0.353 e. The molecule has 9 nitrogen and oxygen atoms in total. The summed E-state index contributed by atoms with van der Waals surface area (Å²) in [7, 11) is -4.82. The number of aromatic nitrogens is 2. The van der Waals surface area contributed by atoms with Gasteiger partial charge in [-0.2, -0.15) is 12.9 Å². The molecule has 3 aromatic carbocycles. The monoisotopic (exact) mass is 545 g/mol. The van der Waals surface area contributed by atoms with Crippen LogP contribution in [0.2, 0.25) is 0 Å². The maximum Gasteiger partial charge on any atom is 0.354 e. The van der Waals surface area contributed by atoms with Crippen molar-refractivity contribution in [2.24, 2.45) is 0 Å². The first-order valence-corrected chi connectivity index (χ1v) is 13.6. The smallest absolute Gasteiger partial charge is 0.353 e. The Morgan fingerprint density at radius 3 is 2.41 bits per heavy atom. The number of H-pyrrole nitrogens is 1. The Balaban J connectivity index is 1.50. The Morgan fingerprint density at radius 2 is 1.67 bits per heavy atom. The quantitative estimate of drug-likeness (QED) is 0.220. The van der Waals surface area contributed by atoms with Gasteiger partial charge in [0.1, 0.15) is 5.69 Å². The molecule has 1 aliphatic heterocycles. The molecule has 11 heteroatoms. The van der Waals surface area contributed by atoms with Crippen LogP contribution in [0.15, 0.2) is 85.1 Å². The van der Waals surface area contributed by atoms with Gasteiger partial charge in [-0.1, -0.05) is 42.5 Å². The van der Waals surface area contributed by atoms with Gasteiger partial charge in [0.25, 0.3) is 5.91 Å². The van der Waals surface area contributed by atoms with Crippen LogP contribution in [-0.4, -0.2) is 40.6 Å². The van der Waals surface area contributed by atoms with Crippen molar-refractivity contribution in [3.63, 3.8) is 0 Å². The Labute approximate surface area is 222 Å². The number of pyridine rings is 1. The molecule has 196 valence electrons. The number of hydrogen-bond acceptors (Lipinski definition) is 5. The van der Waals surface area contributed by atoms with Crippen LogP contribution in [0.4, 0.5) is 15.8 Å². The molecule has 3 heterocycles. The van der Waals surface area contributed by atoms with Crippen molar-refractivity contribution in [3.8, 4) is 0 Å². The highest BCUT2D eigenvalue weighted by atomic mass is 32.2. The third kappa shape index (κ3) is 3.74. The molecule has 0 bridgehead atoms. The fourth-order valence-corrected chi connectivity index (χ4v) is 6.45. The number of carbonyl (C=O) groups excluding carboxylic acids is 2. The van der Waals surface area contributed by atoms with Gasteiger partial charge in [0.05, 0.1) is 17.3 Å². The lowest BCUT2D eigenvalue weighted by molar-refractivity contribution is -0.131. The zero-order chi connectivity index (χ0) is 27.6. The summed E-state index contributed by atoms with van der Waals surface area (Å²) in [6.45, 7) is 1.43. The second-order valence-corrected chi connectivity index (χ2v) is 11.1. The Kier molecular flexibility index (Phi) is 5.44. The number of aromatic amines is 1. The number of rotatable bonds is 5. The first-order chi connectivity index (χ1) is 18.5. The van der Waals surface area contributed by atoms with Crippen LogP contribution in [0.1, 0.15) is 23.0 Å². The second kappa shape index (κ2) is 8.53. The summed E-state index contributed by atoms with van der Waals surface area (Å²) in [6.07, 6.45) is 1.52. The van der Waals surface area contributed by atoms with E-state index in [1.807, 2.05) is 24.3 Å². The third-order valence-corrected chi connectivity index (χ3v) is 7.95. The fraction of sp³-hybridized carbons (Fsp3) is 0.107. The highest BCUT2D eigenvalue weighted by molar-refractivity contribution is 7.85. The molecular formula is C28H22FN4O5S+. The molecule has 39 heavy (non-hydrogen) atoms. The van der Waals surface area contributed by atoms with Crippen molar-refractivity contribution in [1.82, 2.24) is 19.8 Å². The zero-order valence-corrected chi connectivity index (χ0v) is 21.4. The fourth-order valence-electron chi connectivity index (χ4n) is 5.56. The van der Waals surface area contributed by atoms with Crippen LogP contribution >= 0.6 is 0 Å². The lowest BCUT2D eigenvalue weighted by Crippen LogP contribution is -2.59. The van der Waals surface area contributed by atoms with Gasteiger partial charge in [0.2, 0.25) is 5.88 Å². The standard InChI is InChI=1S/C28H21FN4O5S/c1-28(32-26(34)22-14-18-17-8-2-5-11-21(17)31-23(18)15-30-22)19-9-3-6-12-24(19)33(27(28)35,16-39(36,37)38)25-13-7-4-10-20(25)29/h2-15H,16H2,1H3,(H2-,30,31,32,34,36,37,38)/p+1/t28?,33-/m1/s1. The van der Waals surface area contributed by atoms with Crippen LogP contribution in [0.3, 0.4) is 0 Å². The van der Waals surface area contributed by atoms with Crippen LogP contribution in [0.5, 0.6) is 0 Å². The maximum atomic E-state index is 15.2. The normalized spacial score (nSPS) is 20.8. The van der Waals surface area contributed by atoms with Gasteiger partial charge in [-0.3, -0.25) is 9.35 Å². The molecule has 2 atom stereocenters. The number of fused-ring (bicyclic) bond motifs is 4. The van der Waals surface area contributed by atoms with Crippen LogP contribution in [0.25, 0.3) is 21.8 Å². The molecule has 6 rings (SSSR count). The molecule has 0 radical (unpaired) electrons. The summed E-state index contributed by atoms with van der Waals surface area (Å²) < 4.78 is 48.5. The van der Waals surface area contributed by atoms with Gasteiger partial charge >= 0.3 is 16.0 Å². The number of nitrogens with one attached hydrogen (secondary N) is 2. The molecule has 1 unspecified atom stereocenters. The van der Waals surface area contributed by atoms with Crippen molar-refractivity contribution in [3.05, 3.63) is 102 Å². The number of nitrogens with zero attached hydrogens (tertiary/aromatic N) is 2. The number of benzene rings is 3. The van der Waals surface area contributed by atoms with Crippen molar-refractivity contribution >= 4 is 55.1 Å². The predicted octanol–water partition coefficient (Wildman–Crippen LogP) is 4.52. The summed E-state index contributed by atoms with van der Waals surface area (Å²) in [4.78, 5) is 35.4. The molecule has 0 aliphatic carbocycles. The van der Waals surface area contributed by atoms with Gasteiger partial charge in [-0.15, -0.1) is 0 Å². The van der Waals surface area contributed by atoms with E-state index in [0.29, 0.717) is 0 Å². The summed E-state index contributed by atoms with van der Waals surface area (Å²) in [5, 5.41) is 4.39. The number of amides is 2. The van der Waals surface area contributed by atoms with Crippen molar-refractivity contribution in [2.75, 3.05) is 5.88 Å². The Bertz CT molecular complexity index is 1940. The highest BCUT2D eigenvalue weighted by Gasteiger charge is 2.64. The molecule has 0 saturated heterocycles. The summed E-state index contributed by atoms with van der Waals surface area (Å²) in [5.41, 5.74) is -0.0531. The predicted molar refractivity (Wildman–Crippen MR) is 144 cm³/mol. The molecule has 2 amide bonds. The molecule has 1 aliphatic rings. The van der Waals surface area contributed by atoms with Crippen molar-refractivity contribution in [2.45, 2.75) is 12.5 Å².